The van der Waals surface area contributed by atoms with Crippen LogP contribution in [-0.2, 0) is 11.2 Å². The van der Waals surface area contributed by atoms with Crippen LogP contribution >= 0.6 is 0 Å². The number of benzene rings is 1. The lowest BCUT2D eigenvalue weighted by molar-refractivity contribution is -0.117. The van der Waals surface area contributed by atoms with E-state index in [9.17, 15) is 4.79 Å². The van der Waals surface area contributed by atoms with Crippen LogP contribution in [0.15, 0.2) is 30.3 Å². The molecule has 0 saturated heterocycles. The smallest absolute Gasteiger partial charge is 0.244 e. The Kier molecular flexibility index (Phi) is 7.21. The van der Waals surface area contributed by atoms with Gasteiger partial charge < -0.3 is 5.32 Å². The maximum absolute atomic E-state index is 12.0. The molecule has 0 spiro atoms. The first kappa shape index (κ1) is 17.5. The number of carbonyl (C=O) groups excluding carboxylic acids is 1. The Morgan fingerprint density at radius 2 is 1.67 bits per heavy atom. The van der Waals surface area contributed by atoms with Crippen LogP contribution in [0.5, 0.6) is 0 Å². The molecule has 0 aromatic heterocycles. The molecular weight excluding hydrogens is 258 g/mol. The van der Waals surface area contributed by atoms with Gasteiger partial charge in [-0.2, -0.15) is 0 Å². The van der Waals surface area contributed by atoms with Crippen molar-refractivity contribution < 1.29 is 4.79 Å². The van der Waals surface area contributed by atoms with Crippen LogP contribution < -0.4 is 5.32 Å². The van der Waals surface area contributed by atoms with Gasteiger partial charge in [0, 0.05) is 12.1 Å². The van der Waals surface area contributed by atoms with E-state index in [1.54, 1.807) is 6.08 Å². The number of aryl methyl sites for hydroxylation is 1. The number of amides is 1. The van der Waals surface area contributed by atoms with Crippen LogP contribution in [0.2, 0.25) is 0 Å². The Morgan fingerprint density at radius 3 is 2.14 bits per heavy atom. The van der Waals surface area contributed by atoms with E-state index in [0.717, 1.165) is 18.4 Å². The summed E-state index contributed by atoms with van der Waals surface area (Å²) < 4.78 is 0. The summed E-state index contributed by atoms with van der Waals surface area (Å²) in [5, 5.41) is 3.09. The molecular formula is C19H29NO. The number of rotatable bonds is 7. The summed E-state index contributed by atoms with van der Waals surface area (Å²) in [5.41, 5.74) is 2.41. The van der Waals surface area contributed by atoms with Crippen molar-refractivity contribution in [2.24, 2.45) is 11.8 Å². The highest BCUT2D eigenvalue weighted by molar-refractivity contribution is 5.91. The summed E-state index contributed by atoms with van der Waals surface area (Å²) in [6, 6.07) is 8.61. The highest BCUT2D eigenvalue weighted by Crippen LogP contribution is 2.12. The van der Waals surface area contributed by atoms with E-state index in [2.05, 4.69) is 64.2 Å². The van der Waals surface area contributed by atoms with E-state index in [4.69, 9.17) is 0 Å². The lowest BCUT2D eigenvalue weighted by Crippen LogP contribution is -2.41. The predicted molar refractivity (Wildman–Crippen MR) is 91.1 cm³/mol. The van der Waals surface area contributed by atoms with Gasteiger partial charge in [0.25, 0.3) is 0 Å². The van der Waals surface area contributed by atoms with E-state index in [-0.39, 0.29) is 11.9 Å². The van der Waals surface area contributed by atoms with E-state index >= 15 is 0 Å². The number of hydrogen-bond donors (Lipinski definition) is 1. The highest BCUT2D eigenvalue weighted by atomic mass is 16.1. The van der Waals surface area contributed by atoms with Crippen LogP contribution in [0.3, 0.4) is 0 Å². The van der Waals surface area contributed by atoms with Gasteiger partial charge in [-0.25, -0.2) is 0 Å². The third kappa shape index (κ3) is 6.16. The molecule has 1 aromatic carbocycles. The summed E-state index contributed by atoms with van der Waals surface area (Å²) in [5.74, 6) is 0.867. The Labute approximate surface area is 129 Å². The average Bonchev–Trinajstić information content (AvgIpc) is 2.43. The predicted octanol–water partition coefficient (Wildman–Crippen LogP) is 4.45. The maximum Gasteiger partial charge on any atom is 0.244 e. The fourth-order valence-corrected chi connectivity index (χ4v) is 2.57. The Morgan fingerprint density at radius 1 is 1.10 bits per heavy atom. The summed E-state index contributed by atoms with van der Waals surface area (Å²) in [6.45, 7) is 10.7. The zero-order valence-electron chi connectivity index (χ0n) is 14.0. The SMILES string of the molecule is CCCc1ccc(/C=C/C(=O)NC(C(C)C)C(C)C)cc1. The summed E-state index contributed by atoms with van der Waals surface area (Å²) in [7, 11) is 0. The monoisotopic (exact) mass is 287 g/mol. The van der Waals surface area contributed by atoms with Crippen molar-refractivity contribution >= 4 is 12.0 Å². The first-order valence-corrected chi connectivity index (χ1v) is 8.01. The number of hydrogen-bond acceptors (Lipinski definition) is 1. The van der Waals surface area contributed by atoms with Crippen molar-refractivity contribution in [3.05, 3.63) is 41.5 Å². The van der Waals surface area contributed by atoms with E-state index < -0.39 is 0 Å². The van der Waals surface area contributed by atoms with E-state index in [1.165, 1.54) is 5.56 Å². The third-order valence-electron chi connectivity index (χ3n) is 3.69. The summed E-state index contributed by atoms with van der Waals surface area (Å²) in [4.78, 5) is 12.0. The Balaban J connectivity index is 2.60. The van der Waals surface area contributed by atoms with Crippen molar-refractivity contribution in [3.63, 3.8) is 0 Å². The third-order valence-corrected chi connectivity index (χ3v) is 3.69. The minimum Gasteiger partial charge on any atom is -0.349 e. The second kappa shape index (κ2) is 8.66. The minimum atomic E-state index is -0.0139. The molecule has 0 unspecified atom stereocenters. The fourth-order valence-electron chi connectivity index (χ4n) is 2.57. The van der Waals surface area contributed by atoms with Gasteiger partial charge in [-0.15, -0.1) is 0 Å². The van der Waals surface area contributed by atoms with E-state index in [0.29, 0.717) is 11.8 Å². The second-order valence-electron chi connectivity index (χ2n) is 6.35. The van der Waals surface area contributed by atoms with Crippen LogP contribution in [0.25, 0.3) is 6.08 Å². The molecule has 1 N–H and O–H groups in total. The van der Waals surface area contributed by atoms with Crippen molar-refractivity contribution in [1.82, 2.24) is 5.32 Å². The van der Waals surface area contributed by atoms with Gasteiger partial charge in [0.15, 0.2) is 0 Å². The van der Waals surface area contributed by atoms with Crippen LogP contribution in [0.4, 0.5) is 0 Å². The van der Waals surface area contributed by atoms with Crippen LogP contribution in [-0.4, -0.2) is 11.9 Å². The van der Waals surface area contributed by atoms with Crippen LogP contribution in [0, 0.1) is 11.8 Å². The molecule has 1 rings (SSSR count). The summed E-state index contributed by atoms with van der Waals surface area (Å²) >= 11 is 0. The largest absolute Gasteiger partial charge is 0.349 e. The quantitative estimate of drug-likeness (QED) is 0.738. The Hall–Kier alpha value is -1.57. The standard InChI is InChI=1S/C19H29NO/c1-6-7-16-8-10-17(11-9-16)12-13-18(21)20-19(14(2)3)15(4)5/h8-15,19H,6-7H2,1-5H3,(H,20,21)/b13-12+. The molecule has 2 heteroatoms. The molecule has 0 saturated carbocycles. The Bertz CT molecular complexity index is 449. The van der Waals surface area contributed by atoms with E-state index in [1.807, 2.05) is 6.08 Å². The molecule has 1 aromatic rings. The molecule has 0 heterocycles. The van der Waals surface area contributed by atoms with Crippen molar-refractivity contribution in [2.75, 3.05) is 0 Å². The maximum atomic E-state index is 12.0. The molecule has 21 heavy (non-hydrogen) atoms. The van der Waals surface area contributed by atoms with Gasteiger partial charge in [0.2, 0.25) is 5.91 Å². The fraction of sp³-hybridized carbons (Fsp3) is 0.526. The van der Waals surface area contributed by atoms with Gasteiger partial charge in [-0.05, 0) is 35.5 Å². The average molecular weight is 287 g/mol. The number of carbonyl (C=O) groups is 1. The van der Waals surface area contributed by atoms with Crippen molar-refractivity contribution in [3.8, 4) is 0 Å². The van der Waals surface area contributed by atoms with Gasteiger partial charge in [-0.1, -0.05) is 65.3 Å². The molecule has 0 bridgehead atoms. The van der Waals surface area contributed by atoms with Crippen molar-refractivity contribution in [1.29, 1.82) is 0 Å². The highest BCUT2D eigenvalue weighted by Gasteiger charge is 2.18. The zero-order valence-corrected chi connectivity index (χ0v) is 14.0. The molecule has 0 aliphatic carbocycles. The minimum absolute atomic E-state index is 0.0139. The molecule has 116 valence electrons. The molecule has 0 fully saturated rings. The lowest BCUT2D eigenvalue weighted by atomic mass is 9.93. The summed E-state index contributed by atoms with van der Waals surface area (Å²) in [6.07, 6.45) is 5.77. The van der Waals surface area contributed by atoms with Gasteiger partial charge in [-0.3, -0.25) is 4.79 Å². The number of nitrogens with one attached hydrogen (secondary N) is 1. The molecule has 0 radical (unpaired) electrons. The zero-order chi connectivity index (χ0) is 15.8. The van der Waals surface area contributed by atoms with Gasteiger partial charge in [0.1, 0.15) is 0 Å². The molecule has 0 aliphatic rings. The van der Waals surface area contributed by atoms with Gasteiger partial charge >= 0.3 is 0 Å². The topological polar surface area (TPSA) is 29.1 Å². The van der Waals surface area contributed by atoms with Crippen molar-refractivity contribution in [2.45, 2.75) is 53.5 Å². The molecule has 0 atom stereocenters. The van der Waals surface area contributed by atoms with Crippen LogP contribution in [0.1, 0.15) is 52.2 Å². The first-order valence-electron chi connectivity index (χ1n) is 8.01. The first-order chi connectivity index (χ1) is 9.93. The lowest BCUT2D eigenvalue weighted by Gasteiger charge is -2.25. The normalized spacial score (nSPS) is 11.8. The molecule has 1 amide bonds. The second-order valence-corrected chi connectivity index (χ2v) is 6.35. The molecule has 2 nitrogen and oxygen atoms in total. The molecule has 0 aliphatic heterocycles. The van der Waals surface area contributed by atoms with Gasteiger partial charge in [0.05, 0.1) is 0 Å².